The molecule has 0 saturated carbocycles. The van der Waals surface area contributed by atoms with E-state index >= 15 is 13.2 Å². The number of rotatable bonds is 3. The number of aromatic nitrogens is 1. The van der Waals surface area contributed by atoms with Crippen LogP contribution in [0, 0.1) is 12.7 Å². The maximum atomic E-state index is 15.7. The fourth-order valence-electron chi connectivity index (χ4n) is 4.65. The second-order valence-corrected chi connectivity index (χ2v) is 10.9. The lowest BCUT2D eigenvalue weighted by atomic mass is 9.90. The van der Waals surface area contributed by atoms with Crippen LogP contribution in [0.25, 0.3) is 0 Å². The zero-order chi connectivity index (χ0) is 24.8. The van der Waals surface area contributed by atoms with Crippen molar-refractivity contribution in [2.24, 2.45) is 0 Å². The normalized spacial score (nSPS) is 24.5. The summed E-state index contributed by atoms with van der Waals surface area (Å²) in [6.45, 7) is 4.00. The molecule has 1 saturated heterocycles. The molecule has 3 atom stereocenters. The number of sulfonamides is 1. The lowest BCUT2D eigenvalue weighted by Gasteiger charge is -2.28. The lowest BCUT2D eigenvalue weighted by molar-refractivity contribution is -0.00456. The highest BCUT2D eigenvalue weighted by molar-refractivity contribution is 7.89. The van der Waals surface area contributed by atoms with Crippen molar-refractivity contribution >= 4 is 16.1 Å². The summed E-state index contributed by atoms with van der Waals surface area (Å²) < 4.78 is 72.2. The van der Waals surface area contributed by atoms with E-state index in [-0.39, 0.29) is 18.5 Å². The number of amides is 2. The van der Waals surface area contributed by atoms with Crippen LogP contribution in [0.15, 0.2) is 30.3 Å². The molecule has 2 amide bonds. The molecule has 34 heavy (non-hydrogen) atoms. The van der Waals surface area contributed by atoms with Crippen LogP contribution in [0.3, 0.4) is 0 Å². The third-order valence-electron chi connectivity index (χ3n) is 6.60. The van der Waals surface area contributed by atoms with Crippen molar-refractivity contribution in [2.75, 3.05) is 12.3 Å². The number of hydrogen-bond donors (Lipinski definition) is 2. The summed E-state index contributed by atoms with van der Waals surface area (Å²) in [6.07, 6.45) is -0.281. The molecule has 4 rings (SSSR count). The van der Waals surface area contributed by atoms with Crippen molar-refractivity contribution in [3.8, 4) is 0 Å². The van der Waals surface area contributed by atoms with Crippen molar-refractivity contribution in [3.63, 3.8) is 0 Å². The van der Waals surface area contributed by atoms with Gasteiger partial charge in [0.2, 0.25) is 10.0 Å². The van der Waals surface area contributed by atoms with Gasteiger partial charge in [-0.15, -0.1) is 0 Å². The Bertz CT molecular complexity index is 1220. The van der Waals surface area contributed by atoms with Gasteiger partial charge in [0.25, 0.3) is 5.92 Å². The molecule has 2 aliphatic heterocycles. The predicted molar refractivity (Wildman–Crippen MR) is 121 cm³/mol. The molecule has 4 bridgehead atoms. The summed E-state index contributed by atoms with van der Waals surface area (Å²) in [5.41, 5.74) is 2.49. The number of carbonyl (C=O) groups is 1. The van der Waals surface area contributed by atoms with Crippen molar-refractivity contribution in [1.82, 2.24) is 19.9 Å². The van der Waals surface area contributed by atoms with Crippen molar-refractivity contribution in [3.05, 3.63) is 64.2 Å². The van der Waals surface area contributed by atoms with Gasteiger partial charge in [0, 0.05) is 5.92 Å². The molecule has 1 aromatic carbocycles. The third kappa shape index (κ3) is 4.50. The van der Waals surface area contributed by atoms with Crippen LogP contribution in [-0.4, -0.2) is 54.6 Å². The standard InChI is InChI=1S/C23H27F3N4O3S/c1-4-34(32,33)29-21-18-10-15-6-5-7-17(19(15)24)14(3)20-13(2)8-9-16(28-20)11-27-22(31)30(18)12-23(21,25)26/h5-9,14,18,21,29H,4,10-12H2,1-3H3,(H,27,31)/t14-,18-,21+/m0/s1. The van der Waals surface area contributed by atoms with Crippen LogP contribution in [0.4, 0.5) is 18.0 Å². The molecule has 11 heteroatoms. The summed E-state index contributed by atoms with van der Waals surface area (Å²) in [5, 5.41) is 2.61. The summed E-state index contributed by atoms with van der Waals surface area (Å²) in [7, 11) is -4.02. The largest absolute Gasteiger partial charge is 0.332 e. The van der Waals surface area contributed by atoms with Gasteiger partial charge in [0.1, 0.15) is 11.9 Å². The van der Waals surface area contributed by atoms with Gasteiger partial charge in [0.15, 0.2) is 0 Å². The Labute approximate surface area is 196 Å². The highest BCUT2D eigenvalue weighted by atomic mass is 32.2. The molecule has 7 nitrogen and oxygen atoms in total. The number of pyridine rings is 1. The molecule has 1 fully saturated rings. The maximum absolute atomic E-state index is 15.7. The number of urea groups is 1. The van der Waals surface area contributed by atoms with Gasteiger partial charge in [-0.25, -0.2) is 31.1 Å². The van der Waals surface area contributed by atoms with Gasteiger partial charge >= 0.3 is 6.03 Å². The number of halogens is 3. The molecular weight excluding hydrogens is 469 g/mol. The first-order chi connectivity index (χ1) is 15.9. The monoisotopic (exact) mass is 496 g/mol. The molecule has 2 aliphatic rings. The zero-order valence-corrected chi connectivity index (χ0v) is 19.9. The number of alkyl halides is 2. The van der Waals surface area contributed by atoms with Crippen molar-refractivity contribution in [2.45, 2.75) is 57.7 Å². The van der Waals surface area contributed by atoms with Crippen molar-refractivity contribution < 1.29 is 26.4 Å². The molecule has 3 heterocycles. The molecule has 0 unspecified atom stereocenters. The second kappa shape index (κ2) is 8.84. The van der Waals surface area contributed by atoms with Gasteiger partial charge in [-0.05, 0) is 43.0 Å². The van der Waals surface area contributed by atoms with E-state index in [1.54, 1.807) is 18.2 Å². The predicted octanol–water partition coefficient (Wildman–Crippen LogP) is 3.07. The Kier molecular flexibility index (Phi) is 6.36. The fourth-order valence-corrected chi connectivity index (χ4v) is 5.53. The van der Waals surface area contributed by atoms with E-state index in [2.05, 4.69) is 15.0 Å². The van der Waals surface area contributed by atoms with Gasteiger partial charge in [-0.1, -0.05) is 31.2 Å². The average Bonchev–Trinajstić information content (AvgIpc) is 3.03. The van der Waals surface area contributed by atoms with Gasteiger partial charge in [-0.3, -0.25) is 4.98 Å². The van der Waals surface area contributed by atoms with Crippen molar-refractivity contribution in [1.29, 1.82) is 0 Å². The first-order valence-corrected chi connectivity index (χ1v) is 12.7. The highest BCUT2D eigenvalue weighted by Gasteiger charge is 2.57. The number of aryl methyl sites for hydroxylation is 1. The Hall–Kier alpha value is -2.66. The lowest BCUT2D eigenvalue weighted by Crippen LogP contribution is -2.53. The van der Waals surface area contributed by atoms with Crippen LogP contribution in [0.2, 0.25) is 0 Å². The first-order valence-electron chi connectivity index (χ1n) is 11.1. The Morgan fingerprint density at radius 3 is 2.71 bits per heavy atom. The number of benzene rings is 1. The van der Waals surface area contributed by atoms with Gasteiger partial charge in [-0.2, -0.15) is 0 Å². The molecular formula is C23H27F3N4O3S. The minimum atomic E-state index is -4.02. The molecule has 0 spiro atoms. The number of hydrogen-bond acceptors (Lipinski definition) is 4. The number of nitrogens with zero attached hydrogens (tertiary/aromatic N) is 2. The summed E-state index contributed by atoms with van der Waals surface area (Å²) >= 11 is 0. The van der Waals surface area contributed by atoms with Crippen LogP contribution in [0.5, 0.6) is 0 Å². The van der Waals surface area contributed by atoms with Gasteiger partial charge < -0.3 is 10.2 Å². The van der Waals surface area contributed by atoms with E-state index < -0.39 is 58.1 Å². The summed E-state index contributed by atoms with van der Waals surface area (Å²) in [5.74, 6) is -4.95. The Morgan fingerprint density at radius 1 is 1.26 bits per heavy atom. The molecule has 184 valence electrons. The van der Waals surface area contributed by atoms with Crippen LogP contribution >= 0.6 is 0 Å². The molecule has 0 radical (unpaired) electrons. The van der Waals surface area contributed by atoms with E-state index in [0.29, 0.717) is 17.0 Å². The average molecular weight is 497 g/mol. The zero-order valence-electron chi connectivity index (χ0n) is 19.1. The smallest absolute Gasteiger partial charge is 0.318 e. The van der Waals surface area contributed by atoms with E-state index in [1.165, 1.54) is 13.0 Å². The Morgan fingerprint density at radius 2 is 2.00 bits per heavy atom. The van der Waals surface area contributed by atoms with Crippen LogP contribution < -0.4 is 10.0 Å². The first kappa shape index (κ1) is 24.5. The fraction of sp³-hybridized carbons (Fsp3) is 0.478. The maximum Gasteiger partial charge on any atom is 0.318 e. The minimum absolute atomic E-state index is 0.0148. The Balaban J connectivity index is 1.84. The minimum Gasteiger partial charge on any atom is -0.332 e. The molecule has 2 N–H and O–H groups in total. The molecule has 2 aromatic rings. The topological polar surface area (TPSA) is 91.4 Å². The SMILES string of the molecule is CCS(=O)(=O)N[C@@H]1[C@@H]2Cc3cccc(c3F)[C@H](C)c3nc(ccc3C)CNC(=O)N2CC1(F)F. The highest BCUT2D eigenvalue weighted by Crippen LogP contribution is 2.37. The summed E-state index contributed by atoms with van der Waals surface area (Å²) in [4.78, 5) is 18.5. The number of fused-ring (bicyclic) bond motifs is 5. The third-order valence-corrected chi connectivity index (χ3v) is 7.97. The van der Waals surface area contributed by atoms with E-state index in [1.807, 2.05) is 19.9 Å². The number of carbonyl (C=O) groups excluding carboxylic acids is 1. The van der Waals surface area contributed by atoms with Crippen LogP contribution in [0.1, 0.15) is 47.8 Å². The summed E-state index contributed by atoms with van der Waals surface area (Å²) in [6, 6.07) is 4.28. The van der Waals surface area contributed by atoms with E-state index in [4.69, 9.17) is 0 Å². The van der Waals surface area contributed by atoms with Crippen LogP contribution in [-0.2, 0) is 23.0 Å². The molecule has 0 aliphatic carbocycles. The van der Waals surface area contributed by atoms with Gasteiger partial charge in [0.05, 0.1) is 36.3 Å². The van der Waals surface area contributed by atoms with E-state index in [0.717, 1.165) is 10.5 Å². The molecule has 1 aromatic heterocycles. The van der Waals surface area contributed by atoms with E-state index in [9.17, 15) is 13.2 Å². The number of nitrogens with one attached hydrogen (secondary N) is 2. The second-order valence-electron chi connectivity index (χ2n) is 8.86. The quantitative estimate of drug-likeness (QED) is 0.683.